The lowest BCUT2D eigenvalue weighted by molar-refractivity contribution is -0.137. The van der Waals surface area contributed by atoms with Crippen molar-refractivity contribution in [2.24, 2.45) is 5.92 Å². The van der Waals surface area contributed by atoms with E-state index in [0.29, 0.717) is 12.0 Å². The molecule has 1 saturated heterocycles. The van der Waals surface area contributed by atoms with E-state index in [0.717, 1.165) is 24.0 Å². The quantitative estimate of drug-likeness (QED) is 0.407. The number of aliphatic hydroxyl groups excluding tert-OH is 1. The summed E-state index contributed by atoms with van der Waals surface area (Å²) < 4.78 is 5.33. The molecule has 0 amide bonds. The van der Waals surface area contributed by atoms with Gasteiger partial charge in [0, 0.05) is 11.5 Å². The van der Waals surface area contributed by atoms with Gasteiger partial charge in [0.25, 0.3) is 0 Å². The molecule has 18 heavy (non-hydrogen) atoms. The van der Waals surface area contributed by atoms with Crippen LogP contribution in [-0.2, 0) is 9.53 Å². The molecular weight excluding hydrogens is 228 g/mol. The van der Waals surface area contributed by atoms with Crippen LogP contribution in [0.2, 0.25) is 0 Å². The van der Waals surface area contributed by atoms with Crippen LogP contribution in [0, 0.1) is 5.92 Å². The fraction of sp³-hybridized carbons (Fsp3) is 0.533. The van der Waals surface area contributed by atoms with E-state index in [1.807, 2.05) is 26.0 Å². The highest BCUT2D eigenvalue weighted by Gasteiger charge is 2.37. The number of carbonyl (C=O) groups excluding carboxylic acids is 1. The number of fused-ring (bicyclic) bond motifs is 1. The SMILES string of the molecule is C=C1C(=O)O[C@@H]2C=C(C)C[C@H](O)/C=C(\C)CC[C@@H]12. The van der Waals surface area contributed by atoms with Crippen molar-refractivity contribution in [2.75, 3.05) is 0 Å². The second-order valence-electron chi connectivity index (χ2n) is 5.34. The molecule has 98 valence electrons. The molecule has 0 aromatic rings. The van der Waals surface area contributed by atoms with Gasteiger partial charge in [-0.05, 0) is 39.2 Å². The lowest BCUT2D eigenvalue weighted by atomic mass is 9.88. The van der Waals surface area contributed by atoms with Gasteiger partial charge >= 0.3 is 5.97 Å². The molecule has 0 radical (unpaired) electrons. The van der Waals surface area contributed by atoms with Crippen LogP contribution in [0.3, 0.4) is 0 Å². The van der Waals surface area contributed by atoms with Gasteiger partial charge in [0.1, 0.15) is 6.10 Å². The third kappa shape index (κ3) is 2.72. The summed E-state index contributed by atoms with van der Waals surface area (Å²) in [7, 11) is 0. The maximum atomic E-state index is 11.6. The van der Waals surface area contributed by atoms with E-state index in [1.54, 1.807) is 0 Å². The number of carbonyl (C=O) groups is 1. The minimum Gasteiger partial charge on any atom is -0.454 e. The topological polar surface area (TPSA) is 46.5 Å². The zero-order valence-corrected chi connectivity index (χ0v) is 11.0. The minimum atomic E-state index is -0.446. The van der Waals surface area contributed by atoms with Gasteiger partial charge in [-0.25, -0.2) is 4.79 Å². The molecular formula is C15H20O3. The average Bonchev–Trinajstić information content (AvgIpc) is 2.51. The molecule has 1 aliphatic carbocycles. The van der Waals surface area contributed by atoms with E-state index in [2.05, 4.69) is 6.58 Å². The summed E-state index contributed by atoms with van der Waals surface area (Å²) in [5.41, 5.74) is 2.78. The zero-order chi connectivity index (χ0) is 13.3. The molecule has 2 aliphatic rings. The van der Waals surface area contributed by atoms with Crippen LogP contribution < -0.4 is 0 Å². The van der Waals surface area contributed by atoms with Crippen molar-refractivity contribution < 1.29 is 14.6 Å². The molecule has 2 rings (SSSR count). The first-order chi connectivity index (χ1) is 8.47. The Bertz CT molecular complexity index is 431. The van der Waals surface area contributed by atoms with E-state index in [-0.39, 0.29) is 18.0 Å². The maximum absolute atomic E-state index is 11.6. The van der Waals surface area contributed by atoms with Crippen LogP contribution in [0.15, 0.2) is 35.5 Å². The predicted octanol–water partition coefficient (Wildman–Crippen LogP) is 2.52. The number of esters is 1. The first kappa shape index (κ1) is 13.1. The first-order valence-corrected chi connectivity index (χ1v) is 6.40. The van der Waals surface area contributed by atoms with Gasteiger partial charge in [-0.15, -0.1) is 0 Å². The highest BCUT2D eigenvalue weighted by Crippen LogP contribution is 2.34. The third-order valence-corrected chi connectivity index (χ3v) is 3.66. The Balaban J connectivity index is 2.27. The molecule has 0 aromatic heterocycles. The number of hydrogen-bond acceptors (Lipinski definition) is 3. The summed E-state index contributed by atoms with van der Waals surface area (Å²) in [4.78, 5) is 11.6. The fourth-order valence-corrected chi connectivity index (χ4v) is 2.65. The van der Waals surface area contributed by atoms with Crippen molar-refractivity contribution in [1.29, 1.82) is 0 Å². The molecule has 3 heteroatoms. The van der Waals surface area contributed by atoms with Crippen LogP contribution >= 0.6 is 0 Å². The van der Waals surface area contributed by atoms with Crippen LogP contribution in [0.4, 0.5) is 0 Å². The second-order valence-corrected chi connectivity index (χ2v) is 5.34. The normalized spacial score (nSPS) is 36.3. The van der Waals surface area contributed by atoms with Crippen LogP contribution in [0.5, 0.6) is 0 Å². The first-order valence-electron chi connectivity index (χ1n) is 6.40. The van der Waals surface area contributed by atoms with Gasteiger partial charge in [-0.2, -0.15) is 0 Å². The van der Waals surface area contributed by atoms with Gasteiger partial charge in [0.05, 0.1) is 6.10 Å². The lowest BCUT2D eigenvalue weighted by Crippen LogP contribution is -2.17. The summed E-state index contributed by atoms with van der Waals surface area (Å²) in [5, 5.41) is 9.87. The number of aliphatic hydroxyl groups is 1. The Morgan fingerprint density at radius 1 is 1.33 bits per heavy atom. The Morgan fingerprint density at radius 3 is 2.78 bits per heavy atom. The Kier molecular flexibility index (Phi) is 3.71. The standard InChI is InChI=1S/C15H20O3/c1-9-4-5-13-11(3)15(17)18-14(13)8-10(2)7-12(16)6-9/h6,8,12-14,16H,3-5,7H2,1-2H3/b9-6+,10-8?/t12-,13+,14-/m1/s1. The number of hydrogen-bond donors (Lipinski definition) is 1. The van der Waals surface area contributed by atoms with Gasteiger partial charge in [-0.3, -0.25) is 0 Å². The Hall–Kier alpha value is -1.35. The molecule has 3 atom stereocenters. The van der Waals surface area contributed by atoms with Gasteiger partial charge in [0.15, 0.2) is 0 Å². The minimum absolute atomic E-state index is 0.0750. The van der Waals surface area contributed by atoms with Gasteiger partial charge in [-0.1, -0.05) is 23.8 Å². The van der Waals surface area contributed by atoms with E-state index < -0.39 is 6.10 Å². The summed E-state index contributed by atoms with van der Waals surface area (Å²) in [6.45, 7) is 7.81. The fourth-order valence-electron chi connectivity index (χ4n) is 2.65. The molecule has 3 nitrogen and oxygen atoms in total. The molecule has 1 aliphatic heterocycles. The molecule has 0 unspecified atom stereocenters. The Morgan fingerprint density at radius 2 is 2.06 bits per heavy atom. The Labute approximate surface area is 108 Å². The van der Waals surface area contributed by atoms with Crippen molar-refractivity contribution in [3.8, 4) is 0 Å². The van der Waals surface area contributed by atoms with E-state index in [1.165, 1.54) is 0 Å². The predicted molar refractivity (Wildman–Crippen MR) is 69.9 cm³/mol. The summed E-state index contributed by atoms with van der Waals surface area (Å²) in [6, 6.07) is 0. The van der Waals surface area contributed by atoms with Crippen molar-refractivity contribution in [3.63, 3.8) is 0 Å². The van der Waals surface area contributed by atoms with Gasteiger partial charge < -0.3 is 9.84 Å². The third-order valence-electron chi connectivity index (χ3n) is 3.66. The molecule has 0 bridgehead atoms. The van der Waals surface area contributed by atoms with E-state index in [9.17, 15) is 9.90 Å². The van der Waals surface area contributed by atoms with Crippen LogP contribution in [0.1, 0.15) is 33.1 Å². The van der Waals surface area contributed by atoms with Gasteiger partial charge in [0.2, 0.25) is 0 Å². The molecule has 0 spiro atoms. The van der Waals surface area contributed by atoms with E-state index in [4.69, 9.17) is 4.74 Å². The number of rotatable bonds is 0. The van der Waals surface area contributed by atoms with Crippen LogP contribution in [-0.4, -0.2) is 23.3 Å². The molecule has 1 fully saturated rings. The number of allylic oxidation sites excluding steroid dienone is 1. The summed E-state index contributed by atoms with van der Waals surface area (Å²) in [5.74, 6) is -0.207. The van der Waals surface area contributed by atoms with Crippen molar-refractivity contribution >= 4 is 5.97 Å². The summed E-state index contributed by atoms with van der Waals surface area (Å²) >= 11 is 0. The molecule has 0 aromatic carbocycles. The molecule has 0 saturated carbocycles. The number of ether oxygens (including phenoxy) is 1. The maximum Gasteiger partial charge on any atom is 0.334 e. The highest BCUT2D eigenvalue weighted by molar-refractivity contribution is 5.91. The van der Waals surface area contributed by atoms with Crippen LogP contribution in [0.25, 0.3) is 0 Å². The largest absolute Gasteiger partial charge is 0.454 e. The van der Waals surface area contributed by atoms with Crippen molar-refractivity contribution in [3.05, 3.63) is 35.5 Å². The lowest BCUT2D eigenvalue weighted by Gasteiger charge is -2.18. The molecule has 1 N–H and O–H groups in total. The van der Waals surface area contributed by atoms with Crippen molar-refractivity contribution in [2.45, 2.75) is 45.3 Å². The average molecular weight is 248 g/mol. The zero-order valence-electron chi connectivity index (χ0n) is 11.0. The van der Waals surface area contributed by atoms with Crippen molar-refractivity contribution in [1.82, 2.24) is 0 Å². The second kappa shape index (κ2) is 5.11. The molecule has 1 heterocycles. The monoisotopic (exact) mass is 248 g/mol. The smallest absolute Gasteiger partial charge is 0.334 e. The highest BCUT2D eigenvalue weighted by atomic mass is 16.5. The van der Waals surface area contributed by atoms with E-state index >= 15 is 0 Å². The summed E-state index contributed by atoms with van der Waals surface area (Å²) in [6.07, 6.45) is 5.50.